The number of hydrogen-bond donors (Lipinski definition) is 2. The molecule has 0 radical (unpaired) electrons. The number of rotatable bonds is 4. The third kappa shape index (κ3) is 3.48. The molecule has 0 bridgehead atoms. The van der Waals surface area contributed by atoms with Crippen molar-refractivity contribution in [1.82, 2.24) is 14.9 Å². The number of nitrogens with zero attached hydrogens (tertiary/aromatic N) is 4. The van der Waals surface area contributed by atoms with Crippen LogP contribution in [0.15, 0.2) is 24.3 Å². The van der Waals surface area contributed by atoms with Gasteiger partial charge in [0.25, 0.3) is 0 Å². The molecule has 3 N–H and O–H groups in total. The standard InChI is InChI=1S/C19H24N6O/c1-13-21-18(20)17-19(22-13)25(12-16(26)23-17)11-15-6-4-5-14(9-15)10-24-7-2-3-8-24/h4-6,9H,2-3,7-8,10-12H2,1H3,(H,23,26)(H2,20,21,22). The highest BCUT2D eigenvalue weighted by Gasteiger charge is 2.26. The highest BCUT2D eigenvalue weighted by Crippen LogP contribution is 2.32. The smallest absolute Gasteiger partial charge is 0.244 e. The predicted molar refractivity (Wildman–Crippen MR) is 102 cm³/mol. The summed E-state index contributed by atoms with van der Waals surface area (Å²) in [6.07, 6.45) is 2.58. The van der Waals surface area contributed by atoms with Crippen molar-refractivity contribution in [1.29, 1.82) is 0 Å². The summed E-state index contributed by atoms with van der Waals surface area (Å²) in [5.41, 5.74) is 8.97. The summed E-state index contributed by atoms with van der Waals surface area (Å²) in [5.74, 6) is 1.52. The molecule has 1 fully saturated rings. The van der Waals surface area contributed by atoms with Crippen LogP contribution in [0.4, 0.5) is 17.3 Å². The SMILES string of the molecule is Cc1nc(N)c2c(n1)N(Cc1cccc(CN3CCCC3)c1)CC(=O)N2. The van der Waals surface area contributed by atoms with E-state index in [-0.39, 0.29) is 12.5 Å². The molecule has 3 heterocycles. The number of anilines is 3. The Morgan fingerprint density at radius 2 is 1.88 bits per heavy atom. The molecule has 1 aromatic heterocycles. The summed E-state index contributed by atoms with van der Waals surface area (Å²) in [6.45, 7) is 6.03. The van der Waals surface area contributed by atoms with Gasteiger partial charge in [-0.25, -0.2) is 9.97 Å². The van der Waals surface area contributed by atoms with Crippen molar-refractivity contribution in [3.8, 4) is 0 Å². The molecular weight excluding hydrogens is 328 g/mol. The summed E-state index contributed by atoms with van der Waals surface area (Å²) >= 11 is 0. The van der Waals surface area contributed by atoms with Crippen LogP contribution >= 0.6 is 0 Å². The van der Waals surface area contributed by atoms with Gasteiger partial charge in [0.2, 0.25) is 5.91 Å². The summed E-state index contributed by atoms with van der Waals surface area (Å²) in [5, 5.41) is 2.79. The molecule has 1 aromatic carbocycles. The number of carbonyl (C=O) groups is 1. The number of nitrogens with two attached hydrogens (primary N) is 1. The van der Waals surface area contributed by atoms with Crippen LogP contribution in [0.1, 0.15) is 29.8 Å². The van der Waals surface area contributed by atoms with Gasteiger partial charge in [-0.1, -0.05) is 24.3 Å². The molecule has 0 atom stereocenters. The molecule has 0 spiro atoms. The Morgan fingerprint density at radius 3 is 2.65 bits per heavy atom. The molecule has 0 unspecified atom stereocenters. The maximum atomic E-state index is 12.1. The number of carbonyl (C=O) groups excluding carboxylic acids is 1. The minimum absolute atomic E-state index is 0.0927. The van der Waals surface area contributed by atoms with Crippen LogP contribution in [-0.2, 0) is 17.9 Å². The number of amides is 1. The Balaban J connectivity index is 1.57. The fourth-order valence-corrected chi connectivity index (χ4v) is 3.73. The lowest BCUT2D eigenvalue weighted by Crippen LogP contribution is -2.39. The summed E-state index contributed by atoms with van der Waals surface area (Å²) in [7, 11) is 0. The van der Waals surface area contributed by atoms with Crippen molar-refractivity contribution in [2.24, 2.45) is 0 Å². The lowest BCUT2D eigenvalue weighted by atomic mass is 10.1. The van der Waals surface area contributed by atoms with Gasteiger partial charge in [0, 0.05) is 13.1 Å². The first kappa shape index (κ1) is 16.8. The predicted octanol–water partition coefficient (Wildman–Crippen LogP) is 1.92. The molecule has 7 nitrogen and oxygen atoms in total. The van der Waals surface area contributed by atoms with E-state index in [1.165, 1.54) is 31.5 Å². The van der Waals surface area contributed by atoms with Gasteiger partial charge in [0.15, 0.2) is 11.6 Å². The first-order valence-corrected chi connectivity index (χ1v) is 9.07. The molecule has 1 saturated heterocycles. The number of likely N-dealkylation sites (tertiary alicyclic amines) is 1. The Morgan fingerprint density at radius 1 is 1.15 bits per heavy atom. The quantitative estimate of drug-likeness (QED) is 0.874. The van der Waals surface area contributed by atoms with Crippen molar-refractivity contribution in [2.45, 2.75) is 32.9 Å². The molecule has 4 rings (SSSR count). The van der Waals surface area contributed by atoms with E-state index in [2.05, 4.69) is 44.5 Å². The van der Waals surface area contributed by atoms with E-state index in [9.17, 15) is 4.79 Å². The van der Waals surface area contributed by atoms with E-state index in [1.807, 2.05) is 11.8 Å². The highest BCUT2D eigenvalue weighted by molar-refractivity contribution is 6.02. The maximum Gasteiger partial charge on any atom is 0.244 e. The van der Waals surface area contributed by atoms with Gasteiger partial charge in [0.1, 0.15) is 11.5 Å². The van der Waals surface area contributed by atoms with Crippen molar-refractivity contribution in [3.05, 3.63) is 41.2 Å². The molecule has 26 heavy (non-hydrogen) atoms. The average Bonchev–Trinajstić information content (AvgIpc) is 3.09. The summed E-state index contributed by atoms with van der Waals surface area (Å²) in [4.78, 5) is 25.2. The lowest BCUT2D eigenvalue weighted by Gasteiger charge is -2.30. The maximum absolute atomic E-state index is 12.1. The van der Waals surface area contributed by atoms with Gasteiger partial charge in [-0.3, -0.25) is 9.69 Å². The summed E-state index contributed by atoms with van der Waals surface area (Å²) in [6, 6.07) is 8.58. The zero-order chi connectivity index (χ0) is 18.1. The number of fused-ring (bicyclic) bond motifs is 1. The van der Waals surface area contributed by atoms with Crippen LogP contribution in [-0.4, -0.2) is 40.4 Å². The van der Waals surface area contributed by atoms with Gasteiger partial charge >= 0.3 is 0 Å². The first-order valence-electron chi connectivity index (χ1n) is 9.07. The van der Waals surface area contributed by atoms with Crippen molar-refractivity contribution < 1.29 is 4.79 Å². The second kappa shape index (κ2) is 6.92. The third-order valence-corrected chi connectivity index (χ3v) is 4.90. The second-order valence-electron chi connectivity index (χ2n) is 7.06. The van der Waals surface area contributed by atoms with E-state index in [0.29, 0.717) is 29.7 Å². The Bertz CT molecular complexity index is 831. The van der Waals surface area contributed by atoms with E-state index in [1.54, 1.807) is 0 Å². The average molecular weight is 352 g/mol. The zero-order valence-corrected chi connectivity index (χ0v) is 15.0. The minimum atomic E-state index is -0.0927. The number of nitrogen functional groups attached to an aromatic ring is 1. The Hall–Kier alpha value is -2.67. The third-order valence-electron chi connectivity index (χ3n) is 4.90. The molecule has 2 aliphatic heterocycles. The van der Waals surface area contributed by atoms with Crippen molar-refractivity contribution >= 4 is 23.2 Å². The fourth-order valence-electron chi connectivity index (χ4n) is 3.73. The van der Waals surface area contributed by atoms with Crippen molar-refractivity contribution in [3.63, 3.8) is 0 Å². The van der Waals surface area contributed by atoms with Crippen molar-refractivity contribution in [2.75, 3.05) is 35.6 Å². The monoisotopic (exact) mass is 352 g/mol. The van der Waals surface area contributed by atoms with Gasteiger partial charge in [-0.05, 0) is 44.0 Å². The van der Waals surface area contributed by atoms with Gasteiger partial charge < -0.3 is 16.0 Å². The highest BCUT2D eigenvalue weighted by atomic mass is 16.2. The lowest BCUT2D eigenvalue weighted by molar-refractivity contribution is -0.115. The molecule has 7 heteroatoms. The zero-order valence-electron chi connectivity index (χ0n) is 15.0. The molecular formula is C19H24N6O. The van der Waals surface area contributed by atoms with Crippen LogP contribution in [0, 0.1) is 6.92 Å². The van der Waals surface area contributed by atoms with E-state index in [4.69, 9.17) is 5.73 Å². The van der Waals surface area contributed by atoms with E-state index < -0.39 is 0 Å². The van der Waals surface area contributed by atoms with Crippen LogP contribution < -0.4 is 16.0 Å². The first-order chi connectivity index (χ1) is 12.6. The molecule has 0 aliphatic carbocycles. The van der Waals surface area contributed by atoms with Crippen LogP contribution in [0.3, 0.4) is 0 Å². The fraction of sp³-hybridized carbons (Fsp3) is 0.421. The number of hydrogen-bond acceptors (Lipinski definition) is 6. The summed E-state index contributed by atoms with van der Waals surface area (Å²) < 4.78 is 0. The van der Waals surface area contributed by atoms with E-state index >= 15 is 0 Å². The van der Waals surface area contributed by atoms with Gasteiger partial charge in [-0.15, -0.1) is 0 Å². The largest absolute Gasteiger partial charge is 0.382 e. The number of nitrogens with one attached hydrogen (secondary N) is 1. The topological polar surface area (TPSA) is 87.4 Å². The Kier molecular flexibility index (Phi) is 4.46. The second-order valence-corrected chi connectivity index (χ2v) is 7.06. The normalized spacial score (nSPS) is 17.3. The molecule has 2 aliphatic rings. The van der Waals surface area contributed by atoms with Crippen LogP contribution in [0.25, 0.3) is 0 Å². The van der Waals surface area contributed by atoms with Crippen LogP contribution in [0.2, 0.25) is 0 Å². The molecule has 2 aromatic rings. The Labute approximate surface area is 153 Å². The molecule has 0 saturated carbocycles. The number of benzene rings is 1. The molecule has 1 amide bonds. The number of aryl methyl sites for hydroxylation is 1. The van der Waals surface area contributed by atoms with Gasteiger partial charge in [0.05, 0.1) is 6.54 Å². The number of aromatic nitrogens is 2. The van der Waals surface area contributed by atoms with Gasteiger partial charge in [-0.2, -0.15) is 0 Å². The molecule has 136 valence electrons. The van der Waals surface area contributed by atoms with Crippen LogP contribution in [0.5, 0.6) is 0 Å². The minimum Gasteiger partial charge on any atom is -0.382 e. The van der Waals surface area contributed by atoms with E-state index in [0.717, 1.165) is 12.1 Å².